The standard InChI is InChI=1S/C64H56N2OSi2/c1-68(2,59-45-37-51(38-46-59)31-29-49-33-41-57(42-34-49)65(55-21-7-5-8-22-55)63-27-15-19-53-17-11-13-25-61(53)63)67-69(3,4)60-47-39-52(40-48-60)32-30-50-35-43-58(44-36-50)66(56-23-9-6-10-24-56)64-28-16-20-54-18-12-14-26-62(54)64/h5-48H,1-4H3. The average Bonchev–Trinajstić information content (AvgIpc) is 3.39. The second-order valence-electron chi connectivity index (χ2n) is 18.6. The molecule has 0 unspecified atom stereocenters. The van der Waals surface area contributed by atoms with Crippen molar-refractivity contribution in [2.24, 2.45) is 0 Å². The zero-order valence-electron chi connectivity index (χ0n) is 39.7. The van der Waals surface area contributed by atoms with E-state index in [2.05, 4.69) is 303 Å². The molecule has 0 spiro atoms. The number of benzene rings is 10. The molecular formula is C64H56N2OSi2. The number of hydrogen-bond acceptors (Lipinski definition) is 3. The highest BCUT2D eigenvalue weighted by molar-refractivity contribution is 6.96. The van der Waals surface area contributed by atoms with Crippen LogP contribution in [0.1, 0.15) is 22.3 Å². The summed E-state index contributed by atoms with van der Waals surface area (Å²) in [5.74, 6) is 0. The normalized spacial score (nSPS) is 12.0. The van der Waals surface area contributed by atoms with Crippen LogP contribution in [0.5, 0.6) is 0 Å². The van der Waals surface area contributed by atoms with Crippen molar-refractivity contribution in [2.45, 2.75) is 26.2 Å². The van der Waals surface area contributed by atoms with Gasteiger partial charge in [-0.25, -0.2) is 0 Å². The molecular weight excluding hydrogens is 869 g/mol. The predicted octanol–water partition coefficient (Wildman–Crippen LogP) is 16.8. The molecule has 69 heavy (non-hydrogen) atoms. The molecule has 0 aliphatic carbocycles. The molecule has 10 rings (SSSR count). The van der Waals surface area contributed by atoms with E-state index in [-0.39, 0.29) is 0 Å². The van der Waals surface area contributed by atoms with E-state index < -0.39 is 16.6 Å². The van der Waals surface area contributed by atoms with E-state index in [0.29, 0.717) is 0 Å². The highest BCUT2D eigenvalue weighted by atomic mass is 28.4. The number of anilines is 6. The van der Waals surface area contributed by atoms with Crippen molar-refractivity contribution >= 4 is 107 Å². The van der Waals surface area contributed by atoms with Crippen LogP contribution in [0.4, 0.5) is 34.1 Å². The van der Waals surface area contributed by atoms with Crippen LogP contribution in [0.2, 0.25) is 26.2 Å². The van der Waals surface area contributed by atoms with Crippen molar-refractivity contribution < 1.29 is 4.12 Å². The Hall–Kier alpha value is -7.81. The Morgan fingerprint density at radius 2 is 0.580 bits per heavy atom. The van der Waals surface area contributed by atoms with Gasteiger partial charge in [-0.1, -0.05) is 206 Å². The molecule has 0 atom stereocenters. The zero-order valence-corrected chi connectivity index (χ0v) is 41.7. The minimum atomic E-state index is -2.23. The minimum absolute atomic E-state index is 1.12. The summed E-state index contributed by atoms with van der Waals surface area (Å²) in [5.41, 5.74) is 11.5. The van der Waals surface area contributed by atoms with E-state index in [9.17, 15) is 0 Å². The summed E-state index contributed by atoms with van der Waals surface area (Å²) in [4.78, 5) is 4.68. The number of nitrogens with zero attached hydrogens (tertiary/aromatic N) is 2. The minimum Gasteiger partial charge on any atom is -0.449 e. The van der Waals surface area contributed by atoms with Crippen molar-refractivity contribution in [3.63, 3.8) is 0 Å². The fraction of sp³-hybridized carbons (Fsp3) is 0.0625. The van der Waals surface area contributed by atoms with Crippen LogP contribution in [0, 0.1) is 0 Å². The molecule has 3 nitrogen and oxygen atoms in total. The lowest BCUT2D eigenvalue weighted by Crippen LogP contribution is -2.57. The Morgan fingerprint density at radius 3 is 0.942 bits per heavy atom. The number of hydrogen-bond donors (Lipinski definition) is 0. The van der Waals surface area contributed by atoms with E-state index in [0.717, 1.165) is 45.3 Å². The third-order valence-electron chi connectivity index (χ3n) is 13.0. The van der Waals surface area contributed by atoms with Crippen LogP contribution in [0.3, 0.4) is 0 Å². The molecule has 0 N–H and O–H groups in total. The molecule has 336 valence electrons. The third-order valence-corrected chi connectivity index (χ3v) is 20.5. The van der Waals surface area contributed by atoms with Gasteiger partial charge in [-0.2, -0.15) is 0 Å². The van der Waals surface area contributed by atoms with Crippen LogP contribution >= 0.6 is 0 Å². The first-order valence-electron chi connectivity index (χ1n) is 23.8. The monoisotopic (exact) mass is 924 g/mol. The molecule has 10 aromatic rings. The Bertz CT molecular complexity index is 3140. The average molecular weight is 925 g/mol. The molecule has 0 amide bonds. The van der Waals surface area contributed by atoms with Crippen molar-refractivity contribution in [1.82, 2.24) is 0 Å². The Kier molecular flexibility index (Phi) is 12.9. The molecule has 0 fully saturated rings. The molecule has 5 heteroatoms. The number of para-hydroxylation sites is 2. The topological polar surface area (TPSA) is 15.7 Å². The van der Waals surface area contributed by atoms with Crippen LogP contribution in [-0.4, -0.2) is 16.6 Å². The number of rotatable bonds is 14. The molecule has 0 bridgehead atoms. The second-order valence-corrected chi connectivity index (χ2v) is 26.6. The first-order valence-corrected chi connectivity index (χ1v) is 29.6. The Labute approximate surface area is 409 Å². The van der Waals surface area contributed by atoms with E-state index in [1.807, 2.05) is 0 Å². The molecule has 0 radical (unpaired) electrons. The molecule has 0 aromatic heterocycles. The maximum absolute atomic E-state index is 7.21. The fourth-order valence-corrected chi connectivity index (χ4v) is 17.4. The van der Waals surface area contributed by atoms with Gasteiger partial charge in [0.2, 0.25) is 16.6 Å². The van der Waals surface area contributed by atoms with E-state index in [4.69, 9.17) is 4.12 Å². The van der Waals surface area contributed by atoms with Gasteiger partial charge in [0.05, 0.1) is 11.4 Å². The van der Waals surface area contributed by atoms with Crippen molar-refractivity contribution in [3.05, 3.63) is 265 Å². The summed E-state index contributed by atoms with van der Waals surface area (Å²) in [7, 11) is -4.45. The number of fused-ring (bicyclic) bond motifs is 2. The van der Waals surface area contributed by atoms with E-state index in [1.54, 1.807) is 0 Å². The zero-order chi connectivity index (χ0) is 47.2. The largest absolute Gasteiger partial charge is 0.449 e. The van der Waals surface area contributed by atoms with Crippen molar-refractivity contribution in [2.75, 3.05) is 9.80 Å². The van der Waals surface area contributed by atoms with Gasteiger partial charge in [0, 0.05) is 33.5 Å². The molecule has 0 heterocycles. The summed E-state index contributed by atoms with van der Waals surface area (Å²) in [5, 5.41) is 7.50. The highest BCUT2D eigenvalue weighted by Gasteiger charge is 2.36. The van der Waals surface area contributed by atoms with Gasteiger partial charge in [-0.15, -0.1) is 0 Å². The SMILES string of the molecule is C[Si](C)(O[Si](C)(C)c1ccc(C=Cc2ccc(N(c3ccccc3)c3cccc4ccccc34)cc2)cc1)c1ccc(C=Cc2ccc(N(c3ccccc3)c3cccc4ccccc34)cc2)cc1. The van der Waals surface area contributed by atoms with Gasteiger partial charge < -0.3 is 13.9 Å². The quantitative estimate of drug-likeness (QED) is 0.0798. The van der Waals surface area contributed by atoms with E-state index in [1.165, 1.54) is 43.0 Å². The summed E-state index contributed by atoms with van der Waals surface area (Å²) >= 11 is 0. The predicted molar refractivity (Wildman–Crippen MR) is 303 cm³/mol. The fourth-order valence-electron chi connectivity index (χ4n) is 9.42. The third kappa shape index (κ3) is 10.1. The molecule has 0 aliphatic rings. The smallest absolute Gasteiger partial charge is 0.206 e. The molecule has 0 saturated heterocycles. The summed E-state index contributed by atoms with van der Waals surface area (Å²) in [6.45, 7) is 9.31. The maximum atomic E-state index is 7.21. The molecule has 10 aromatic carbocycles. The van der Waals surface area contributed by atoms with Gasteiger partial charge in [0.25, 0.3) is 0 Å². The van der Waals surface area contributed by atoms with Gasteiger partial charge in [-0.3, -0.25) is 0 Å². The first-order chi connectivity index (χ1) is 33.7. The molecule has 0 aliphatic heterocycles. The summed E-state index contributed by atoms with van der Waals surface area (Å²) in [6.07, 6.45) is 8.79. The van der Waals surface area contributed by atoms with E-state index >= 15 is 0 Å². The lowest BCUT2D eigenvalue weighted by molar-refractivity contribution is 0.573. The van der Waals surface area contributed by atoms with Crippen molar-refractivity contribution in [3.8, 4) is 0 Å². The van der Waals surface area contributed by atoms with Crippen LogP contribution < -0.4 is 20.2 Å². The van der Waals surface area contributed by atoms with Crippen LogP contribution in [-0.2, 0) is 4.12 Å². The maximum Gasteiger partial charge on any atom is 0.206 e. The molecule has 0 saturated carbocycles. The lowest BCUT2D eigenvalue weighted by Gasteiger charge is -2.34. The first kappa shape index (κ1) is 45.0. The lowest BCUT2D eigenvalue weighted by atomic mass is 10.1. The Morgan fingerprint density at radius 1 is 0.290 bits per heavy atom. The highest BCUT2D eigenvalue weighted by Crippen LogP contribution is 2.40. The second kappa shape index (κ2) is 19.8. The van der Waals surface area contributed by atoms with Gasteiger partial charge >= 0.3 is 0 Å². The summed E-state index contributed by atoms with van der Waals surface area (Å²) in [6, 6.07) is 87.1. The van der Waals surface area contributed by atoms with Crippen LogP contribution in [0.25, 0.3) is 45.8 Å². The van der Waals surface area contributed by atoms with Gasteiger partial charge in [0.1, 0.15) is 0 Å². The summed E-state index contributed by atoms with van der Waals surface area (Å²) < 4.78 is 7.21. The van der Waals surface area contributed by atoms with Crippen molar-refractivity contribution in [1.29, 1.82) is 0 Å². The Balaban J connectivity index is 0.784. The van der Waals surface area contributed by atoms with Gasteiger partial charge in [0.15, 0.2) is 0 Å². The van der Waals surface area contributed by atoms with Crippen LogP contribution in [0.15, 0.2) is 243 Å². The van der Waals surface area contributed by atoms with Gasteiger partial charge in [-0.05, 0) is 130 Å².